The number of aryl methyl sites for hydroxylation is 1. The van der Waals surface area contributed by atoms with Gasteiger partial charge < -0.3 is 4.74 Å². The lowest BCUT2D eigenvalue weighted by Gasteiger charge is -2.03. The Morgan fingerprint density at radius 1 is 1.45 bits per heavy atom. The second-order valence-electron chi connectivity index (χ2n) is 3.86. The number of carbonyl (C=O) groups is 1. The number of hydrogen-bond donors (Lipinski definition) is 2. The molecule has 1 heterocycles. The lowest BCUT2D eigenvalue weighted by molar-refractivity contribution is 0.0948. The van der Waals surface area contributed by atoms with E-state index in [0.29, 0.717) is 6.54 Å². The highest BCUT2D eigenvalue weighted by atomic mass is 32.2. The third-order valence-corrected chi connectivity index (χ3v) is 3.54. The van der Waals surface area contributed by atoms with Crippen molar-refractivity contribution in [3.8, 4) is 5.75 Å². The molecule has 106 valence electrons. The number of hydrazine groups is 1. The number of nitrogens with two attached hydrogens (primary N) is 1. The van der Waals surface area contributed by atoms with Gasteiger partial charge in [-0.1, -0.05) is 5.21 Å². The molecular weight excluding hydrogens is 278 g/mol. The summed E-state index contributed by atoms with van der Waals surface area (Å²) >= 11 is 1.69. The van der Waals surface area contributed by atoms with E-state index in [-0.39, 0.29) is 5.69 Å². The van der Waals surface area contributed by atoms with Gasteiger partial charge in [-0.2, -0.15) is 0 Å². The molecule has 0 spiro atoms. The van der Waals surface area contributed by atoms with Crippen LogP contribution in [0.1, 0.15) is 10.5 Å². The van der Waals surface area contributed by atoms with Crippen LogP contribution in [0.25, 0.3) is 0 Å². The van der Waals surface area contributed by atoms with Crippen LogP contribution in [-0.4, -0.2) is 33.8 Å². The fourth-order valence-electron chi connectivity index (χ4n) is 1.51. The van der Waals surface area contributed by atoms with Crippen molar-refractivity contribution in [2.24, 2.45) is 5.84 Å². The van der Waals surface area contributed by atoms with Crippen molar-refractivity contribution in [2.45, 2.75) is 11.4 Å². The van der Waals surface area contributed by atoms with Gasteiger partial charge in [-0.25, -0.2) is 5.84 Å². The van der Waals surface area contributed by atoms with E-state index < -0.39 is 5.91 Å². The second-order valence-corrected chi connectivity index (χ2v) is 5.03. The summed E-state index contributed by atoms with van der Waals surface area (Å²) in [6.07, 6.45) is 1.57. The monoisotopic (exact) mass is 293 g/mol. The van der Waals surface area contributed by atoms with Gasteiger partial charge in [0.2, 0.25) is 0 Å². The van der Waals surface area contributed by atoms with Crippen LogP contribution in [0.3, 0.4) is 0 Å². The Bertz CT molecular complexity index is 569. The third kappa shape index (κ3) is 3.72. The Labute approximate surface area is 120 Å². The van der Waals surface area contributed by atoms with Crippen LogP contribution in [0.5, 0.6) is 5.75 Å². The van der Waals surface area contributed by atoms with Gasteiger partial charge in [0, 0.05) is 10.6 Å². The predicted octanol–water partition coefficient (Wildman–Crippen LogP) is 0.682. The van der Waals surface area contributed by atoms with E-state index >= 15 is 0 Å². The molecule has 8 heteroatoms. The van der Waals surface area contributed by atoms with Gasteiger partial charge in [-0.15, -0.1) is 16.9 Å². The highest BCUT2D eigenvalue weighted by Crippen LogP contribution is 2.21. The number of rotatable bonds is 6. The molecule has 0 saturated heterocycles. The number of nitrogen functional groups attached to an aromatic ring is 1. The minimum atomic E-state index is -0.445. The molecule has 7 nitrogen and oxygen atoms in total. The fraction of sp³-hybridized carbons (Fsp3) is 0.250. The van der Waals surface area contributed by atoms with Crippen molar-refractivity contribution < 1.29 is 9.53 Å². The van der Waals surface area contributed by atoms with Crippen molar-refractivity contribution in [3.63, 3.8) is 0 Å². The lowest BCUT2D eigenvalue weighted by atomic mass is 10.3. The number of methoxy groups -OCH3 is 1. The molecule has 0 aliphatic carbocycles. The van der Waals surface area contributed by atoms with Crippen LogP contribution >= 0.6 is 11.8 Å². The standard InChI is InChI=1S/C12H15N5O2S/c1-19-9-2-4-10(5-3-9)20-7-6-17-8-11(15-16-17)12(18)14-13/h2-5,8H,6-7,13H2,1H3,(H,14,18). The number of ether oxygens (including phenoxy) is 1. The summed E-state index contributed by atoms with van der Waals surface area (Å²) in [6.45, 7) is 0.654. The number of aromatic nitrogens is 3. The number of nitrogens with zero attached hydrogens (tertiary/aromatic N) is 3. The highest BCUT2D eigenvalue weighted by Gasteiger charge is 2.08. The first-order valence-electron chi connectivity index (χ1n) is 5.91. The van der Waals surface area contributed by atoms with Gasteiger partial charge in [0.15, 0.2) is 5.69 Å². The Balaban J connectivity index is 1.83. The number of hydrogen-bond acceptors (Lipinski definition) is 6. The van der Waals surface area contributed by atoms with Gasteiger partial charge in [0.1, 0.15) is 5.75 Å². The Kier molecular flexibility index (Phi) is 4.97. The van der Waals surface area contributed by atoms with Crippen LogP contribution in [0.4, 0.5) is 0 Å². The van der Waals surface area contributed by atoms with E-state index in [1.807, 2.05) is 29.7 Å². The Hall–Kier alpha value is -2.06. The first-order valence-corrected chi connectivity index (χ1v) is 6.89. The molecule has 0 unspecified atom stereocenters. The molecule has 0 aliphatic rings. The maximum atomic E-state index is 11.2. The molecule has 0 saturated carbocycles. The first-order chi connectivity index (χ1) is 9.72. The van der Waals surface area contributed by atoms with E-state index in [1.54, 1.807) is 29.8 Å². The zero-order valence-electron chi connectivity index (χ0n) is 10.9. The maximum absolute atomic E-state index is 11.2. The third-order valence-electron chi connectivity index (χ3n) is 2.55. The van der Waals surface area contributed by atoms with Crippen molar-refractivity contribution in [1.29, 1.82) is 0 Å². The Morgan fingerprint density at radius 2 is 2.20 bits per heavy atom. The van der Waals surface area contributed by atoms with Crippen molar-refractivity contribution in [2.75, 3.05) is 12.9 Å². The van der Waals surface area contributed by atoms with Gasteiger partial charge in [-0.05, 0) is 24.3 Å². The molecule has 20 heavy (non-hydrogen) atoms. The van der Waals surface area contributed by atoms with Crippen LogP contribution in [-0.2, 0) is 6.54 Å². The second kappa shape index (κ2) is 6.92. The summed E-state index contributed by atoms with van der Waals surface area (Å²) in [5.41, 5.74) is 2.23. The fourth-order valence-corrected chi connectivity index (χ4v) is 2.36. The van der Waals surface area contributed by atoms with E-state index in [9.17, 15) is 4.79 Å². The van der Waals surface area contributed by atoms with Crippen LogP contribution in [0, 0.1) is 0 Å². The summed E-state index contributed by atoms with van der Waals surface area (Å²) < 4.78 is 6.71. The molecule has 3 N–H and O–H groups in total. The van der Waals surface area contributed by atoms with Crippen molar-refractivity contribution in [3.05, 3.63) is 36.2 Å². The molecule has 2 aromatic rings. The predicted molar refractivity (Wildman–Crippen MR) is 75.4 cm³/mol. The smallest absolute Gasteiger partial charge is 0.287 e. The quantitative estimate of drug-likeness (QED) is 0.352. The van der Waals surface area contributed by atoms with E-state index in [0.717, 1.165) is 16.4 Å². The average Bonchev–Trinajstić information content (AvgIpc) is 2.96. The number of amides is 1. The van der Waals surface area contributed by atoms with Crippen molar-refractivity contribution in [1.82, 2.24) is 20.4 Å². The summed E-state index contributed by atoms with van der Waals surface area (Å²) in [7, 11) is 1.64. The molecular formula is C12H15N5O2S. The van der Waals surface area contributed by atoms with Crippen LogP contribution in [0.15, 0.2) is 35.4 Å². The molecule has 1 aromatic heterocycles. The molecule has 0 fully saturated rings. The zero-order chi connectivity index (χ0) is 14.4. The number of thioether (sulfide) groups is 1. The molecule has 0 aliphatic heterocycles. The maximum Gasteiger partial charge on any atom is 0.287 e. The molecule has 1 aromatic carbocycles. The van der Waals surface area contributed by atoms with E-state index in [1.165, 1.54) is 0 Å². The number of benzene rings is 1. The normalized spacial score (nSPS) is 10.3. The minimum absolute atomic E-state index is 0.210. The number of carbonyl (C=O) groups excluding carboxylic acids is 1. The van der Waals surface area contributed by atoms with Gasteiger partial charge in [0.25, 0.3) is 5.91 Å². The van der Waals surface area contributed by atoms with E-state index in [2.05, 4.69) is 10.3 Å². The van der Waals surface area contributed by atoms with Gasteiger partial charge >= 0.3 is 0 Å². The summed E-state index contributed by atoms with van der Waals surface area (Å²) in [5, 5.41) is 7.59. The average molecular weight is 293 g/mol. The van der Waals surface area contributed by atoms with Crippen LogP contribution < -0.4 is 16.0 Å². The van der Waals surface area contributed by atoms with Gasteiger partial charge in [-0.3, -0.25) is 14.9 Å². The number of nitrogens with one attached hydrogen (secondary N) is 1. The van der Waals surface area contributed by atoms with Crippen LogP contribution in [0.2, 0.25) is 0 Å². The molecule has 0 radical (unpaired) electrons. The Morgan fingerprint density at radius 3 is 2.85 bits per heavy atom. The molecule has 2 rings (SSSR count). The summed E-state index contributed by atoms with van der Waals surface area (Å²) in [6, 6.07) is 7.83. The highest BCUT2D eigenvalue weighted by molar-refractivity contribution is 7.99. The lowest BCUT2D eigenvalue weighted by Crippen LogP contribution is -2.30. The zero-order valence-corrected chi connectivity index (χ0v) is 11.8. The largest absolute Gasteiger partial charge is 0.497 e. The van der Waals surface area contributed by atoms with Gasteiger partial charge in [0.05, 0.1) is 19.9 Å². The summed E-state index contributed by atoms with van der Waals surface area (Å²) in [4.78, 5) is 12.4. The topological polar surface area (TPSA) is 95.1 Å². The first kappa shape index (κ1) is 14.4. The summed E-state index contributed by atoms with van der Waals surface area (Å²) in [5.74, 6) is 6.23. The molecule has 1 amide bonds. The SMILES string of the molecule is COc1ccc(SCCn2cc(C(=O)NN)nn2)cc1. The molecule has 0 atom stereocenters. The van der Waals surface area contributed by atoms with E-state index in [4.69, 9.17) is 10.6 Å². The van der Waals surface area contributed by atoms with Crippen molar-refractivity contribution >= 4 is 17.7 Å². The molecule has 0 bridgehead atoms. The minimum Gasteiger partial charge on any atom is -0.497 e.